The summed E-state index contributed by atoms with van der Waals surface area (Å²) in [4.78, 5) is 30.4. The van der Waals surface area contributed by atoms with Crippen LogP contribution in [0.2, 0.25) is 0 Å². The normalized spacial score (nSPS) is 13.7. The van der Waals surface area contributed by atoms with Crippen LogP contribution in [0, 0.1) is 0 Å². The number of anilines is 2. The van der Waals surface area contributed by atoms with Gasteiger partial charge in [-0.1, -0.05) is 43.0 Å². The largest absolute Gasteiger partial charge is 0.416 e. The van der Waals surface area contributed by atoms with E-state index in [0.29, 0.717) is 54.9 Å². The van der Waals surface area contributed by atoms with Gasteiger partial charge in [0.2, 0.25) is 0 Å². The van der Waals surface area contributed by atoms with E-state index in [1.165, 1.54) is 23.9 Å². The van der Waals surface area contributed by atoms with Crippen LogP contribution in [0.25, 0.3) is 0 Å². The van der Waals surface area contributed by atoms with Crippen molar-refractivity contribution in [2.45, 2.75) is 37.0 Å². The molecule has 1 aliphatic rings. The number of aromatic nitrogens is 3. The molecule has 0 radical (unpaired) electrons. The highest BCUT2D eigenvalue weighted by molar-refractivity contribution is 7.98. The monoisotopic (exact) mass is 592 g/mol. The molecule has 0 atom stereocenters. The Hall–Kier alpha value is -4.12. The summed E-state index contributed by atoms with van der Waals surface area (Å²) >= 11 is 1.53. The number of alkyl halides is 3. The molecular formula is C31H31F3N6OS. The minimum absolute atomic E-state index is 0.156. The lowest BCUT2D eigenvalue weighted by Crippen LogP contribution is -2.47. The second kappa shape index (κ2) is 13.2. The molecule has 2 aromatic heterocycles. The molecular weight excluding hydrogens is 561 g/mol. The topological polar surface area (TPSA) is 74.2 Å². The molecule has 1 saturated heterocycles. The van der Waals surface area contributed by atoms with Gasteiger partial charge in [0.15, 0.2) is 5.16 Å². The number of carbonyl (C=O) groups excluding carboxylic acids is 1. The van der Waals surface area contributed by atoms with Crippen LogP contribution in [0.4, 0.5) is 24.7 Å². The van der Waals surface area contributed by atoms with Crippen molar-refractivity contribution < 1.29 is 18.0 Å². The molecule has 0 spiro atoms. The summed E-state index contributed by atoms with van der Waals surface area (Å²) < 4.78 is 39.5. The number of hydrogen-bond acceptors (Lipinski definition) is 7. The standard InChI is InChI=1S/C31H31F3N6OS/c1-2-25-19-28(40-16-14-39(15-17-40)27-8-5-6-24(18-27)31(32,33)34)38-30(37-25)42-21-22-9-11-23(12-10-22)29(41)36-20-26-7-3-4-13-35-26/h3-13,18-19H,2,14-17,20-21H2,1H3,(H,36,41). The number of aryl methyl sites for hydroxylation is 1. The first kappa shape index (κ1) is 29.4. The van der Waals surface area contributed by atoms with Gasteiger partial charge in [0.05, 0.1) is 17.8 Å². The fraction of sp³-hybridized carbons (Fsp3) is 0.290. The van der Waals surface area contributed by atoms with Crippen LogP contribution in [0.5, 0.6) is 0 Å². The summed E-state index contributed by atoms with van der Waals surface area (Å²) in [7, 11) is 0. The van der Waals surface area contributed by atoms with E-state index in [9.17, 15) is 18.0 Å². The summed E-state index contributed by atoms with van der Waals surface area (Å²) in [6, 6.07) is 20.5. The van der Waals surface area contributed by atoms with Gasteiger partial charge in [0.25, 0.3) is 5.91 Å². The molecule has 1 N–H and O–H groups in total. The van der Waals surface area contributed by atoms with Crippen molar-refractivity contribution in [2.75, 3.05) is 36.0 Å². The van der Waals surface area contributed by atoms with Crippen LogP contribution in [-0.4, -0.2) is 47.0 Å². The molecule has 2 aromatic carbocycles. The van der Waals surface area contributed by atoms with E-state index in [1.54, 1.807) is 12.3 Å². The number of hydrogen-bond donors (Lipinski definition) is 1. The van der Waals surface area contributed by atoms with Crippen LogP contribution in [0.1, 0.15) is 39.8 Å². The number of piperazine rings is 1. The van der Waals surface area contributed by atoms with Gasteiger partial charge in [-0.2, -0.15) is 13.2 Å². The number of nitrogens with zero attached hydrogens (tertiary/aromatic N) is 5. The number of benzene rings is 2. The van der Waals surface area contributed by atoms with Gasteiger partial charge in [-0.15, -0.1) is 0 Å². The molecule has 11 heteroatoms. The van der Waals surface area contributed by atoms with Gasteiger partial charge in [0, 0.05) is 61.1 Å². The molecule has 1 aliphatic heterocycles. The Morgan fingerprint density at radius 1 is 0.905 bits per heavy atom. The molecule has 0 unspecified atom stereocenters. The minimum atomic E-state index is -4.36. The van der Waals surface area contributed by atoms with E-state index in [0.717, 1.165) is 35.3 Å². The predicted octanol–water partition coefficient (Wildman–Crippen LogP) is 6.00. The number of amides is 1. The number of carbonyl (C=O) groups is 1. The van der Waals surface area contributed by atoms with E-state index >= 15 is 0 Å². The molecule has 218 valence electrons. The van der Waals surface area contributed by atoms with E-state index in [4.69, 9.17) is 9.97 Å². The SMILES string of the molecule is CCc1cc(N2CCN(c3cccc(C(F)(F)F)c3)CC2)nc(SCc2ccc(C(=O)NCc3ccccn3)cc2)n1. The van der Waals surface area contributed by atoms with Gasteiger partial charge in [-0.3, -0.25) is 9.78 Å². The molecule has 3 heterocycles. The highest BCUT2D eigenvalue weighted by atomic mass is 32.2. The van der Waals surface area contributed by atoms with Crippen LogP contribution in [0.3, 0.4) is 0 Å². The average Bonchev–Trinajstić information content (AvgIpc) is 3.03. The molecule has 0 saturated carbocycles. The van der Waals surface area contributed by atoms with Crippen LogP contribution >= 0.6 is 11.8 Å². The zero-order valence-corrected chi connectivity index (χ0v) is 24.0. The lowest BCUT2D eigenvalue weighted by molar-refractivity contribution is -0.137. The Morgan fingerprint density at radius 2 is 1.67 bits per heavy atom. The zero-order valence-electron chi connectivity index (χ0n) is 23.1. The molecule has 1 amide bonds. The number of thioether (sulfide) groups is 1. The number of halogens is 3. The van der Waals surface area contributed by atoms with Gasteiger partial charge < -0.3 is 15.1 Å². The molecule has 0 bridgehead atoms. The third kappa shape index (κ3) is 7.58. The summed E-state index contributed by atoms with van der Waals surface area (Å²) in [5.74, 6) is 1.32. The Bertz CT molecular complexity index is 1490. The van der Waals surface area contributed by atoms with Gasteiger partial charge in [0.1, 0.15) is 5.82 Å². The molecule has 7 nitrogen and oxygen atoms in total. The predicted molar refractivity (Wildman–Crippen MR) is 159 cm³/mol. The average molecular weight is 593 g/mol. The summed E-state index contributed by atoms with van der Waals surface area (Å²) in [5, 5.41) is 3.55. The van der Waals surface area contributed by atoms with Crippen molar-refractivity contribution in [3.63, 3.8) is 0 Å². The third-order valence-corrected chi connectivity index (χ3v) is 7.91. The van der Waals surface area contributed by atoms with E-state index in [1.807, 2.05) is 60.4 Å². The Kier molecular flexibility index (Phi) is 9.26. The smallest absolute Gasteiger partial charge is 0.368 e. The third-order valence-electron chi connectivity index (χ3n) is 6.99. The number of nitrogens with one attached hydrogen (secondary N) is 1. The van der Waals surface area contributed by atoms with Crippen molar-refractivity contribution in [2.24, 2.45) is 0 Å². The number of pyridine rings is 1. The minimum Gasteiger partial charge on any atom is -0.368 e. The summed E-state index contributed by atoms with van der Waals surface area (Å²) in [6.45, 7) is 4.89. The van der Waals surface area contributed by atoms with E-state index in [2.05, 4.69) is 15.2 Å². The summed E-state index contributed by atoms with van der Waals surface area (Å²) in [5.41, 5.74) is 3.30. The first-order chi connectivity index (χ1) is 20.3. The van der Waals surface area contributed by atoms with Crippen molar-refractivity contribution in [3.8, 4) is 0 Å². The second-order valence-corrected chi connectivity index (χ2v) is 10.8. The molecule has 42 heavy (non-hydrogen) atoms. The molecule has 4 aromatic rings. The van der Waals surface area contributed by atoms with Crippen molar-refractivity contribution in [1.29, 1.82) is 0 Å². The van der Waals surface area contributed by atoms with Gasteiger partial charge in [-0.25, -0.2) is 9.97 Å². The quantitative estimate of drug-likeness (QED) is 0.189. The van der Waals surface area contributed by atoms with E-state index in [-0.39, 0.29) is 5.91 Å². The maximum absolute atomic E-state index is 13.2. The van der Waals surface area contributed by atoms with Crippen LogP contribution < -0.4 is 15.1 Å². The van der Waals surface area contributed by atoms with E-state index < -0.39 is 11.7 Å². The van der Waals surface area contributed by atoms with Gasteiger partial charge >= 0.3 is 6.18 Å². The van der Waals surface area contributed by atoms with Crippen molar-refractivity contribution in [1.82, 2.24) is 20.3 Å². The fourth-order valence-corrected chi connectivity index (χ4v) is 5.44. The first-order valence-corrected chi connectivity index (χ1v) is 14.7. The fourth-order valence-electron chi connectivity index (χ4n) is 4.62. The molecule has 5 rings (SSSR count). The Morgan fingerprint density at radius 3 is 2.36 bits per heavy atom. The number of rotatable bonds is 9. The lowest BCUT2D eigenvalue weighted by atomic mass is 10.1. The maximum atomic E-state index is 13.2. The summed E-state index contributed by atoms with van der Waals surface area (Å²) in [6.07, 6.45) is -1.91. The second-order valence-electron chi connectivity index (χ2n) is 9.87. The van der Waals surface area contributed by atoms with Crippen molar-refractivity contribution >= 4 is 29.2 Å². The molecule has 0 aliphatic carbocycles. The highest BCUT2D eigenvalue weighted by Crippen LogP contribution is 2.32. The first-order valence-electron chi connectivity index (χ1n) is 13.7. The van der Waals surface area contributed by atoms with Crippen LogP contribution in [-0.2, 0) is 24.9 Å². The highest BCUT2D eigenvalue weighted by Gasteiger charge is 2.31. The maximum Gasteiger partial charge on any atom is 0.416 e. The van der Waals surface area contributed by atoms with Gasteiger partial charge in [-0.05, 0) is 54.4 Å². The van der Waals surface area contributed by atoms with Crippen molar-refractivity contribution in [3.05, 3.63) is 107 Å². The molecule has 1 fully saturated rings. The van der Waals surface area contributed by atoms with Crippen LogP contribution in [0.15, 0.2) is 84.1 Å². The zero-order chi connectivity index (χ0) is 29.5. The Balaban J connectivity index is 1.17. The Labute approximate surface area is 247 Å². The lowest BCUT2D eigenvalue weighted by Gasteiger charge is -2.37.